The molecule has 0 fully saturated rings. The van der Waals surface area contributed by atoms with Crippen LogP contribution < -0.4 is 16.4 Å². The predicted octanol–water partition coefficient (Wildman–Crippen LogP) is 2.70. The molecule has 4 N–H and O–H groups in total. The van der Waals surface area contributed by atoms with Crippen LogP contribution in [0.15, 0.2) is 36.1 Å². The summed E-state index contributed by atoms with van der Waals surface area (Å²) >= 11 is 0. The van der Waals surface area contributed by atoms with Crippen molar-refractivity contribution in [1.82, 2.24) is 15.6 Å². The molecule has 0 unspecified atom stereocenters. The quantitative estimate of drug-likeness (QED) is 0.219. The largest absolute Gasteiger partial charge is 0.456 e. The molecule has 9 nitrogen and oxygen atoms in total. The van der Waals surface area contributed by atoms with Crippen LogP contribution in [0.4, 0.5) is 4.39 Å². The first kappa shape index (κ1) is 29.6. The van der Waals surface area contributed by atoms with E-state index in [0.717, 1.165) is 18.9 Å². The molecule has 0 radical (unpaired) electrons. The van der Waals surface area contributed by atoms with Crippen molar-refractivity contribution in [2.45, 2.75) is 72.6 Å². The lowest BCUT2D eigenvalue weighted by atomic mass is 10.0. The standard InChI is InChI=1S/C25H35FN4O5/c1-6-8-9-10-18(13-16(5)31)35-25(34)21(15(3)4)30-23(32)20(7-2)29-24(33)22-19(26)12-11-17(14-27)28-22/h7,9-12,15,18,21H,6,8,13-14,27H2,1-5H3,(H,29,33)(H,30,32)/b10-9+,20-7-/t18-,21+/m1/s1. The summed E-state index contributed by atoms with van der Waals surface area (Å²) in [7, 11) is 0. The molecule has 0 aliphatic rings. The van der Waals surface area contributed by atoms with Gasteiger partial charge >= 0.3 is 5.97 Å². The summed E-state index contributed by atoms with van der Waals surface area (Å²) in [6.45, 7) is 8.33. The van der Waals surface area contributed by atoms with E-state index in [0.29, 0.717) is 5.69 Å². The van der Waals surface area contributed by atoms with Gasteiger partial charge in [0.15, 0.2) is 11.5 Å². The van der Waals surface area contributed by atoms with E-state index >= 15 is 0 Å². The number of nitrogens with two attached hydrogens (primary N) is 1. The Kier molecular flexibility index (Phi) is 12.5. The Morgan fingerprint density at radius 2 is 1.91 bits per heavy atom. The lowest BCUT2D eigenvalue weighted by Crippen LogP contribution is -2.48. The van der Waals surface area contributed by atoms with E-state index in [4.69, 9.17) is 10.5 Å². The molecule has 1 heterocycles. The third-order valence-corrected chi connectivity index (χ3v) is 4.88. The molecule has 2 amide bonds. The van der Waals surface area contributed by atoms with Gasteiger partial charge in [-0.15, -0.1) is 0 Å². The highest BCUT2D eigenvalue weighted by Gasteiger charge is 2.29. The van der Waals surface area contributed by atoms with Crippen LogP contribution >= 0.6 is 0 Å². The molecule has 0 saturated heterocycles. The fraction of sp³-hybridized carbons (Fsp3) is 0.480. The third-order valence-electron chi connectivity index (χ3n) is 4.88. The van der Waals surface area contributed by atoms with Crippen molar-refractivity contribution in [2.24, 2.45) is 11.7 Å². The van der Waals surface area contributed by atoms with Crippen LogP contribution in [0.25, 0.3) is 0 Å². The maximum Gasteiger partial charge on any atom is 0.329 e. The van der Waals surface area contributed by atoms with E-state index in [2.05, 4.69) is 15.6 Å². The minimum absolute atomic E-state index is 0.00789. The number of nitrogens with one attached hydrogen (secondary N) is 2. The van der Waals surface area contributed by atoms with Gasteiger partial charge in [0.2, 0.25) is 0 Å². The number of hydrogen-bond acceptors (Lipinski definition) is 7. The molecular formula is C25H35FN4O5. The number of halogens is 1. The Hall–Kier alpha value is -3.40. The van der Waals surface area contributed by atoms with Gasteiger partial charge in [-0.05, 0) is 44.4 Å². The number of carbonyl (C=O) groups excluding carboxylic acids is 4. The zero-order chi connectivity index (χ0) is 26.5. The Bertz CT molecular complexity index is 975. The molecular weight excluding hydrogens is 455 g/mol. The average Bonchev–Trinajstić information content (AvgIpc) is 2.80. The molecule has 0 aliphatic heterocycles. The van der Waals surface area contributed by atoms with E-state index in [9.17, 15) is 23.6 Å². The zero-order valence-electron chi connectivity index (χ0n) is 20.9. The smallest absolute Gasteiger partial charge is 0.329 e. The molecule has 192 valence electrons. The van der Waals surface area contributed by atoms with Crippen LogP contribution in [0.2, 0.25) is 0 Å². The molecule has 0 aliphatic carbocycles. The number of ether oxygens (including phenoxy) is 1. The maximum absolute atomic E-state index is 14.1. The van der Waals surface area contributed by atoms with Crippen LogP contribution in [0.3, 0.4) is 0 Å². The molecule has 35 heavy (non-hydrogen) atoms. The Balaban J connectivity index is 2.97. The Morgan fingerprint density at radius 1 is 1.23 bits per heavy atom. The number of nitrogens with zero attached hydrogens (tertiary/aromatic N) is 1. The summed E-state index contributed by atoms with van der Waals surface area (Å²) < 4.78 is 19.6. The second-order valence-corrected chi connectivity index (χ2v) is 8.29. The number of hydrogen-bond donors (Lipinski definition) is 3. The lowest BCUT2D eigenvalue weighted by molar-refractivity contribution is -0.152. The first-order chi connectivity index (χ1) is 16.5. The SMILES string of the molecule is C/C=C(\NC(=O)c1nc(CN)ccc1F)C(=O)N[C@H](C(=O)O[C@H](/C=C/CCC)CC(C)=O)C(C)C. The summed E-state index contributed by atoms with van der Waals surface area (Å²) in [6.07, 6.45) is 5.74. The highest BCUT2D eigenvalue weighted by atomic mass is 19.1. The van der Waals surface area contributed by atoms with E-state index in [-0.39, 0.29) is 30.4 Å². The van der Waals surface area contributed by atoms with Crippen molar-refractivity contribution in [3.05, 3.63) is 53.3 Å². The van der Waals surface area contributed by atoms with Crippen LogP contribution in [-0.4, -0.2) is 40.7 Å². The van der Waals surface area contributed by atoms with Crippen molar-refractivity contribution < 1.29 is 28.3 Å². The molecule has 0 saturated carbocycles. The summed E-state index contributed by atoms with van der Waals surface area (Å²) in [5.41, 5.74) is 5.09. The van der Waals surface area contributed by atoms with Gasteiger partial charge in [0.1, 0.15) is 23.6 Å². The van der Waals surface area contributed by atoms with Gasteiger partial charge in [0.25, 0.3) is 11.8 Å². The molecule has 1 aromatic rings. The van der Waals surface area contributed by atoms with Gasteiger partial charge in [-0.3, -0.25) is 14.4 Å². The fourth-order valence-corrected chi connectivity index (χ4v) is 2.98. The second-order valence-electron chi connectivity index (χ2n) is 8.29. The number of ketones is 1. The lowest BCUT2D eigenvalue weighted by Gasteiger charge is -2.24. The third kappa shape index (κ3) is 9.78. The van der Waals surface area contributed by atoms with E-state index in [1.807, 2.05) is 13.0 Å². The number of Topliss-reactive ketones (excluding diaryl/α,β-unsaturated/α-hetero) is 1. The number of carbonyl (C=O) groups is 4. The number of esters is 1. The number of allylic oxidation sites excluding steroid dienone is 2. The highest BCUT2D eigenvalue weighted by molar-refractivity contribution is 6.03. The average molecular weight is 491 g/mol. The molecule has 0 spiro atoms. The van der Waals surface area contributed by atoms with Gasteiger partial charge in [-0.1, -0.05) is 39.3 Å². The summed E-state index contributed by atoms with van der Waals surface area (Å²) in [5, 5.41) is 4.87. The van der Waals surface area contributed by atoms with Crippen molar-refractivity contribution >= 4 is 23.6 Å². The molecule has 0 aromatic carbocycles. The maximum atomic E-state index is 14.1. The van der Waals surface area contributed by atoms with E-state index < -0.39 is 41.4 Å². The highest BCUT2D eigenvalue weighted by Crippen LogP contribution is 2.12. The topological polar surface area (TPSA) is 140 Å². The van der Waals surface area contributed by atoms with Crippen LogP contribution in [0.5, 0.6) is 0 Å². The van der Waals surface area contributed by atoms with Crippen molar-refractivity contribution in [3.63, 3.8) is 0 Å². The number of amides is 2. The van der Waals surface area contributed by atoms with Crippen LogP contribution in [0, 0.1) is 11.7 Å². The summed E-state index contributed by atoms with van der Waals surface area (Å²) in [5.74, 6) is -3.80. The van der Waals surface area contributed by atoms with Crippen molar-refractivity contribution in [1.29, 1.82) is 0 Å². The number of rotatable bonds is 13. The van der Waals surface area contributed by atoms with Gasteiger partial charge in [-0.2, -0.15) is 0 Å². The zero-order valence-corrected chi connectivity index (χ0v) is 20.9. The van der Waals surface area contributed by atoms with Crippen molar-refractivity contribution in [3.8, 4) is 0 Å². The number of aromatic nitrogens is 1. The monoisotopic (exact) mass is 490 g/mol. The molecule has 1 rings (SSSR count). The van der Waals surface area contributed by atoms with Crippen molar-refractivity contribution in [2.75, 3.05) is 0 Å². The summed E-state index contributed by atoms with van der Waals surface area (Å²) in [6, 6.07) is 1.36. The van der Waals surface area contributed by atoms with E-state index in [1.165, 1.54) is 26.0 Å². The molecule has 1 aromatic heterocycles. The van der Waals surface area contributed by atoms with Gasteiger partial charge in [0, 0.05) is 13.0 Å². The Labute approximate surface area is 205 Å². The normalized spacial score (nSPS) is 13.4. The predicted molar refractivity (Wildman–Crippen MR) is 129 cm³/mol. The number of unbranched alkanes of at least 4 members (excludes halogenated alkanes) is 1. The number of pyridine rings is 1. The minimum atomic E-state index is -1.06. The van der Waals surface area contributed by atoms with Gasteiger partial charge in [0.05, 0.1) is 5.69 Å². The van der Waals surface area contributed by atoms with Crippen LogP contribution in [0.1, 0.15) is 70.1 Å². The van der Waals surface area contributed by atoms with Crippen LogP contribution in [-0.2, 0) is 25.7 Å². The van der Waals surface area contributed by atoms with Gasteiger partial charge < -0.3 is 21.1 Å². The first-order valence-electron chi connectivity index (χ1n) is 11.5. The minimum Gasteiger partial charge on any atom is -0.456 e. The Morgan fingerprint density at radius 3 is 2.46 bits per heavy atom. The fourth-order valence-electron chi connectivity index (χ4n) is 2.98. The molecule has 10 heteroatoms. The van der Waals surface area contributed by atoms with Gasteiger partial charge in [-0.25, -0.2) is 14.2 Å². The second kappa shape index (κ2) is 14.8. The molecule has 2 atom stereocenters. The summed E-state index contributed by atoms with van der Waals surface area (Å²) in [4.78, 5) is 53.7. The first-order valence-corrected chi connectivity index (χ1v) is 11.5. The van der Waals surface area contributed by atoms with E-state index in [1.54, 1.807) is 19.9 Å². The molecule has 0 bridgehead atoms.